The lowest BCUT2D eigenvalue weighted by atomic mass is 10.1. The van der Waals surface area contributed by atoms with Gasteiger partial charge < -0.3 is 19.5 Å². The minimum atomic E-state index is -0.256. The summed E-state index contributed by atoms with van der Waals surface area (Å²) in [5, 5.41) is 3.33. The van der Waals surface area contributed by atoms with Crippen LogP contribution < -0.4 is 14.8 Å². The summed E-state index contributed by atoms with van der Waals surface area (Å²) in [6.45, 7) is 6.08. The van der Waals surface area contributed by atoms with Crippen LogP contribution in [-0.4, -0.2) is 19.2 Å². The summed E-state index contributed by atoms with van der Waals surface area (Å²) in [6, 6.07) is 11.6. The molecular weight excluding hydrogens is 306 g/mol. The molecule has 24 heavy (non-hydrogen) atoms. The van der Waals surface area contributed by atoms with Gasteiger partial charge in [0.05, 0.1) is 18.8 Å². The van der Waals surface area contributed by atoms with Crippen molar-refractivity contribution >= 4 is 11.7 Å². The average molecular weight is 327 g/mol. The lowest BCUT2D eigenvalue weighted by Crippen LogP contribution is -2.03. The molecule has 0 fully saturated rings. The van der Waals surface area contributed by atoms with Crippen molar-refractivity contribution in [1.82, 2.24) is 0 Å². The predicted molar refractivity (Wildman–Crippen MR) is 91.7 cm³/mol. The molecule has 0 radical (unpaired) electrons. The van der Waals surface area contributed by atoms with Gasteiger partial charge in [-0.3, -0.25) is 0 Å². The van der Waals surface area contributed by atoms with E-state index >= 15 is 0 Å². The number of esters is 1. The number of ether oxygens (including phenoxy) is 3. The van der Waals surface area contributed by atoms with E-state index in [-0.39, 0.29) is 5.97 Å². The minimum Gasteiger partial charge on any atom is -0.490 e. The normalized spacial score (nSPS) is 12.5. The predicted octanol–water partition coefficient (Wildman–Crippen LogP) is 3.77. The lowest BCUT2D eigenvalue weighted by Gasteiger charge is -2.13. The molecule has 1 N–H and O–H groups in total. The van der Waals surface area contributed by atoms with Crippen LogP contribution in [0.25, 0.3) is 0 Å². The Bertz CT molecular complexity index is 742. The molecule has 1 aliphatic heterocycles. The van der Waals surface area contributed by atoms with Crippen LogP contribution in [0.15, 0.2) is 36.4 Å². The SMILES string of the molecule is CCOc1ccc(CNc2ccc3c(c2)C(=O)OC3)cc1OCC. The number of cyclic esters (lactones) is 1. The Kier molecular flexibility index (Phi) is 4.89. The second kappa shape index (κ2) is 7.25. The molecular formula is C19H21NO4. The fourth-order valence-corrected chi connectivity index (χ4v) is 2.63. The zero-order valence-electron chi connectivity index (χ0n) is 13.9. The largest absolute Gasteiger partial charge is 0.490 e. The third kappa shape index (κ3) is 3.45. The molecule has 126 valence electrons. The molecule has 0 unspecified atom stereocenters. The van der Waals surface area contributed by atoms with Crippen molar-refractivity contribution < 1.29 is 19.0 Å². The van der Waals surface area contributed by atoms with Gasteiger partial charge in [0.15, 0.2) is 11.5 Å². The third-order valence-electron chi connectivity index (χ3n) is 3.79. The van der Waals surface area contributed by atoms with E-state index in [2.05, 4.69) is 5.32 Å². The van der Waals surface area contributed by atoms with Crippen molar-refractivity contribution in [3.8, 4) is 11.5 Å². The van der Waals surface area contributed by atoms with Gasteiger partial charge in [-0.15, -0.1) is 0 Å². The van der Waals surface area contributed by atoms with Crippen molar-refractivity contribution in [3.05, 3.63) is 53.1 Å². The second-order valence-corrected chi connectivity index (χ2v) is 5.45. The monoisotopic (exact) mass is 327 g/mol. The molecule has 5 heteroatoms. The van der Waals surface area contributed by atoms with E-state index in [1.807, 2.05) is 50.2 Å². The molecule has 0 saturated carbocycles. The first-order chi connectivity index (χ1) is 11.7. The number of hydrogen-bond acceptors (Lipinski definition) is 5. The molecule has 0 bridgehead atoms. The van der Waals surface area contributed by atoms with E-state index < -0.39 is 0 Å². The molecule has 0 aliphatic carbocycles. The van der Waals surface area contributed by atoms with Gasteiger partial charge >= 0.3 is 5.97 Å². The summed E-state index contributed by atoms with van der Waals surface area (Å²) >= 11 is 0. The molecule has 0 atom stereocenters. The van der Waals surface area contributed by atoms with Crippen LogP contribution >= 0.6 is 0 Å². The van der Waals surface area contributed by atoms with Crippen LogP contribution in [-0.2, 0) is 17.9 Å². The second-order valence-electron chi connectivity index (χ2n) is 5.45. The maximum absolute atomic E-state index is 11.6. The summed E-state index contributed by atoms with van der Waals surface area (Å²) in [6.07, 6.45) is 0. The summed E-state index contributed by atoms with van der Waals surface area (Å²) in [7, 11) is 0. The molecule has 0 saturated heterocycles. The van der Waals surface area contributed by atoms with Crippen LogP contribution in [0.3, 0.4) is 0 Å². The van der Waals surface area contributed by atoms with E-state index in [1.165, 1.54) is 0 Å². The first kappa shape index (κ1) is 16.2. The molecule has 0 amide bonds. The van der Waals surface area contributed by atoms with E-state index in [4.69, 9.17) is 14.2 Å². The highest BCUT2D eigenvalue weighted by molar-refractivity contribution is 5.94. The van der Waals surface area contributed by atoms with Crippen molar-refractivity contribution in [3.63, 3.8) is 0 Å². The lowest BCUT2D eigenvalue weighted by molar-refractivity contribution is 0.0535. The van der Waals surface area contributed by atoms with Gasteiger partial charge in [0.1, 0.15) is 6.61 Å². The van der Waals surface area contributed by atoms with Crippen molar-refractivity contribution in [2.45, 2.75) is 27.0 Å². The number of benzene rings is 2. The van der Waals surface area contributed by atoms with Gasteiger partial charge in [-0.25, -0.2) is 4.79 Å². The van der Waals surface area contributed by atoms with E-state index in [1.54, 1.807) is 0 Å². The van der Waals surface area contributed by atoms with Crippen molar-refractivity contribution in [2.75, 3.05) is 18.5 Å². The average Bonchev–Trinajstić information content (AvgIpc) is 2.96. The number of rotatable bonds is 7. The summed E-state index contributed by atoms with van der Waals surface area (Å²) in [5.74, 6) is 1.24. The van der Waals surface area contributed by atoms with Crippen molar-refractivity contribution in [1.29, 1.82) is 0 Å². The first-order valence-corrected chi connectivity index (χ1v) is 8.13. The zero-order chi connectivity index (χ0) is 16.9. The summed E-state index contributed by atoms with van der Waals surface area (Å²) in [5.41, 5.74) is 3.54. The highest BCUT2D eigenvalue weighted by atomic mass is 16.5. The fourth-order valence-electron chi connectivity index (χ4n) is 2.63. The topological polar surface area (TPSA) is 56.8 Å². The molecule has 1 heterocycles. The maximum atomic E-state index is 11.6. The Labute approximate surface area is 141 Å². The Hall–Kier alpha value is -2.69. The van der Waals surface area contributed by atoms with Crippen LogP contribution in [0.5, 0.6) is 11.5 Å². The third-order valence-corrected chi connectivity index (χ3v) is 3.79. The zero-order valence-corrected chi connectivity index (χ0v) is 13.9. The van der Waals surface area contributed by atoms with Gasteiger partial charge in [0.25, 0.3) is 0 Å². The highest BCUT2D eigenvalue weighted by Gasteiger charge is 2.20. The van der Waals surface area contributed by atoms with Crippen LogP contribution in [0.2, 0.25) is 0 Å². The molecule has 3 rings (SSSR count). The Morgan fingerprint density at radius 2 is 1.83 bits per heavy atom. The van der Waals surface area contributed by atoms with Gasteiger partial charge in [-0.2, -0.15) is 0 Å². The number of fused-ring (bicyclic) bond motifs is 1. The van der Waals surface area contributed by atoms with Gasteiger partial charge in [-0.1, -0.05) is 12.1 Å². The number of carbonyl (C=O) groups is 1. The van der Waals surface area contributed by atoms with E-state index in [9.17, 15) is 4.79 Å². The van der Waals surface area contributed by atoms with Gasteiger partial charge in [-0.05, 0) is 43.7 Å². The molecule has 0 aromatic heterocycles. The smallest absolute Gasteiger partial charge is 0.338 e. The Balaban J connectivity index is 1.71. The molecule has 1 aliphatic rings. The molecule has 5 nitrogen and oxygen atoms in total. The summed E-state index contributed by atoms with van der Waals surface area (Å²) < 4.78 is 16.2. The molecule has 2 aromatic carbocycles. The number of hydrogen-bond donors (Lipinski definition) is 1. The number of nitrogens with one attached hydrogen (secondary N) is 1. The standard InChI is InChI=1S/C19H21NO4/c1-3-22-17-8-5-13(9-18(17)23-4-2)11-20-15-7-6-14-12-24-19(21)16(14)10-15/h5-10,20H,3-4,11-12H2,1-2H3. The van der Waals surface area contributed by atoms with Crippen LogP contribution in [0.4, 0.5) is 5.69 Å². The molecule has 2 aromatic rings. The van der Waals surface area contributed by atoms with Crippen molar-refractivity contribution in [2.24, 2.45) is 0 Å². The van der Waals surface area contributed by atoms with Crippen LogP contribution in [0, 0.1) is 0 Å². The Morgan fingerprint density at radius 3 is 2.62 bits per heavy atom. The highest BCUT2D eigenvalue weighted by Crippen LogP contribution is 2.29. The van der Waals surface area contributed by atoms with Gasteiger partial charge in [0, 0.05) is 17.8 Å². The maximum Gasteiger partial charge on any atom is 0.338 e. The fraction of sp³-hybridized carbons (Fsp3) is 0.316. The minimum absolute atomic E-state index is 0.256. The van der Waals surface area contributed by atoms with E-state index in [0.29, 0.717) is 31.9 Å². The number of anilines is 1. The summed E-state index contributed by atoms with van der Waals surface area (Å²) in [4.78, 5) is 11.6. The van der Waals surface area contributed by atoms with E-state index in [0.717, 1.165) is 28.3 Å². The Morgan fingerprint density at radius 1 is 1.04 bits per heavy atom. The quantitative estimate of drug-likeness (QED) is 0.785. The first-order valence-electron chi connectivity index (χ1n) is 8.13. The van der Waals surface area contributed by atoms with Crippen LogP contribution in [0.1, 0.15) is 35.3 Å². The number of carbonyl (C=O) groups excluding carboxylic acids is 1. The van der Waals surface area contributed by atoms with Gasteiger partial charge in [0.2, 0.25) is 0 Å². The molecule has 0 spiro atoms.